The van der Waals surface area contributed by atoms with Gasteiger partial charge in [0.25, 0.3) is 0 Å². The monoisotopic (exact) mass is 178 g/mol. The number of halogens is 1. The number of nitrogens with one attached hydrogen (secondary N) is 2. The summed E-state index contributed by atoms with van der Waals surface area (Å²) in [7, 11) is 1.78. The van der Waals surface area contributed by atoms with Gasteiger partial charge >= 0.3 is 0 Å². The lowest BCUT2D eigenvalue weighted by atomic mass is 10.2. The van der Waals surface area contributed by atoms with Crippen LogP contribution >= 0.6 is 9.24 Å². The Hall–Kier alpha value is -0.500. The molecule has 3 nitrogen and oxygen atoms in total. The van der Waals surface area contributed by atoms with E-state index in [0.29, 0.717) is 0 Å². The minimum Gasteiger partial charge on any atom is -0.426 e. The van der Waals surface area contributed by atoms with Crippen molar-refractivity contribution < 1.29 is 9.13 Å². The first kappa shape index (κ1) is 10.5. The summed E-state index contributed by atoms with van der Waals surface area (Å²) in [4.78, 5) is 0. The molecular formula is C6H12FN2OP. The zero-order valence-corrected chi connectivity index (χ0v) is 7.67. The van der Waals surface area contributed by atoms with Crippen LogP contribution in [0.25, 0.3) is 0 Å². The van der Waals surface area contributed by atoms with E-state index in [-0.39, 0.29) is 11.8 Å². The smallest absolute Gasteiger partial charge is 0.227 e. The molecule has 5 heteroatoms. The summed E-state index contributed by atoms with van der Waals surface area (Å²) in [5, 5.41) is 14.0. The highest BCUT2D eigenvalue weighted by molar-refractivity contribution is 7.19. The molecule has 0 aliphatic carbocycles. The molecule has 2 N–H and O–H groups in total. The Morgan fingerprint density at radius 3 is 2.09 bits per heavy atom. The lowest BCUT2D eigenvalue weighted by molar-refractivity contribution is 0.421. The minimum absolute atomic E-state index is 0.0832. The van der Waals surface area contributed by atoms with Crippen molar-refractivity contribution in [3.63, 3.8) is 0 Å². The second-order valence-corrected chi connectivity index (χ2v) is 2.97. The van der Waals surface area contributed by atoms with E-state index >= 15 is 0 Å². The van der Waals surface area contributed by atoms with Gasteiger partial charge in [-0.1, -0.05) is 23.1 Å². The number of ether oxygens (including phenoxy) is 1. The van der Waals surface area contributed by atoms with Crippen molar-refractivity contribution in [3.05, 3.63) is 0 Å². The predicted molar refractivity (Wildman–Crippen MR) is 46.0 cm³/mol. The average molecular weight is 178 g/mol. The van der Waals surface area contributed by atoms with Gasteiger partial charge in [-0.25, -0.2) is 4.39 Å². The molecule has 11 heavy (non-hydrogen) atoms. The Bertz CT molecular complexity index is 152. The van der Waals surface area contributed by atoms with Gasteiger partial charge in [0, 0.05) is 5.92 Å². The highest BCUT2D eigenvalue weighted by atomic mass is 31.0. The zero-order valence-electron chi connectivity index (χ0n) is 6.52. The Balaban J connectivity index is 3.86. The van der Waals surface area contributed by atoms with Crippen LogP contribution in [0.1, 0.15) is 13.8 Å². The molecule has 0 aliphatic rings. The molecule has 0 amide bonds. The van der Waals surface area contributed by atoms with Gasteiger partial charge in [-0.2, -0.15) is 0 Å². The normalized spacial score (nSPS) is 12.8. The van der Waals surface area contributed by atoms with E-state index in [2.05, 4.69) is 4.74 Å². The quantitative estimate of drug-likeness (QED) is 0.378. The van der Waals surface area contributed by atoms with E-state index in [1.807, 2.05) is 0 Å². The van der Waals surface area contributed by atoms with Crippen LogP contribution in [-0.4, -0.2) is 17.7 Å². The first-order chi connectivity index (χ1) is 4.95. The van der Waals surface area contributed by atoms with Crippen molar-refractivity contribution in [2.75, 3.05) is 0 Å². The van der Waals surface area contributed by atoms with Crippen molar-refractivity contribution in [1.82, 2.24) is 0 Å². The Labute approximate surface area is 67.5 Å². The van der Waals surface area contributed by atoms with Crippen LogP contribution in [0, 0.1) is 16.7 Å². The number of hydrogen-bond donors (Lipinski definition) is 2. The molecule has 2 atom stereocenters. The van der Waals surface area contributed by atoms with Crippen LogP contribution in [0.4, 0.5) is 4.39 Å². The molecule has 2 unspecified atom stereocenters. The lowest BCUT2D eigenvalue weighted by Crippen LogP contribution is -2.20. The molecule has 0 bridgehead atoms. The van der Waals surface area contributed by atoms with E-state index in [0.717, 1.165) is 0 Å². The highest BCUT2D eigenvalue weighted by Crippen LogP contribution is 2.06. The van der Waals surface area contributed by atoms with Crippen LogP contribution in [0.15, 0.2) is 0 Å². The fourth-order valence-corrected chi connectivity index (χ4v) is 0.361. The third-order valence-electron chi connectivity index (χ3n) is 0.995. The van der Waals surface area contributed by atoms with Crippen LogP contribution in [0.5, 0.6) is 0 Å². The summed E-state index contributed by atoms with van der Waals surface area (Å²) in [6.07, 6.45) is 0. The molecule has 0 rings (SSSR count). The fraction of sp³-hybridized carbons (Fsp3) is 0.667. The van der Waals surface area contributed by atoms with Gasteiger partial charge in [-0.3, -0.25) is 10.8 Å². The Kier molecular flexibility index (Phi) is 4.19. The van der Waals surface area contributed by atoms with Gasteiger partial charge in [0.15, 0.2) is 11.8 Å². The molecule has 64 valence electrons. The fourth-order valence-electron chi connectivity index (χ4n) is 0.293. The molecule has 0 aliphatic heterocycles. The summed E-state index contributed by atoms with van der Waals surface area (Å²) in [5.41, 5.74) is 0. The molecule has 0 heterocycles. The molecule has 0 aromatic carbocycles. The minimum atomic E-state index is -1.52. The molecule has 0 saturated heterocycles. The third kappa shape index (κ3) is 4.04. The first-order valence-corrected chi connectivity index (χ1v) is 3.86. The van der Waals surface area contributed by atoms with Crippen molar-refractivity contribution in [1.29, 1.82) is 10.8 Å². The second kappa shape index (κ2) is 4.39. The van der Waals surface area contributed by atoms with Crippen LogP contribution < -0.4 is 0 Å². The maximum atomic E-state index is 12.2. The molecule has 0 saturated carbocycles. The lowest BCUT2D eigenvalue weighted by Gasteiger charge is -2.10. The van der Waals surface area contributed by atoms with Gasteiger partial charge in [0.2, 0.25) is 5.90 Å². The molecular weight excluding hydrogens is 166 g/mol. The highest BCUT2D eigenvalue weighted by Gasteiger charge is 2.12. The summed E-state index contributed by atoms with van der Waals surface area (Å²) >= 11 is 0. The Morgan fingerprint density at radius 2 is 1.82 bits per heavy atom. The van der Waals surface area contributed by atoms with Gasteiger partial charge in [0.1, 0.15) is 0 Å². The van der Waals surface area contributed by atoms with Gasteiger partial charge < -0.3 is 4.74 Å². The van der Waals surface area contributed by atoms with Crippen LogP contribution in [-0.2, 0) is 4.74 Å². The molecule has 0 fully saturated rings. The van der Waals surface area contributed by atoms with Gasteiger partial charge in [0.05, 0.1) is 0 Å². The molecule has 0 spiro atoms. The summed E-state index contributed by atoms with van der Waals surface area (Å²) < 4.78 is 16.8. The van der Waals surface area contributed by atoms with E-state index in [4.69, 9.17) is 10.8 Å². The summed E-state index contributed by atoms with van der Waals surface area (Å²) in [5.74, 6) is -2.25. The second-order valence-electron chi connectivity index (χ2n) is 2.39. The number of hydrogen-bond acceptors (Lipinski definition) is 3. The average Bonchev–Trinajstić information content (AvgIpc) is 1.87. The van der Waals surface area contributed by atoms with E-state index in [9.17, 15) is 4.39 Å². The summed E-state index contributed by atoms with van der Waals surface area (Å²) in [6.45, 7) is 3.48. The van der Waals surface area contributed by atoms with Gasteiger partial charge in [-0.05, 0) is 0 Å². The van der Waals surface area contributed by atoms with Crippen molar-refractivity contribution >= 4 is 21.0 Å². The Morgan fingerprint density at radius 1 is 1.36 bits per heavy atom. The molecule has 0 aromatic rings. The van der Waals surface area contributed by atoms with Crippen LogP contribution in [0.2, 0.25) is 0 Å². The largest absolute Gasteiger partial charge is 0.426 e. The van der Waals surface area contributed by atoms with E-state index in [1.165, 1.54) is 0 Å². The van der Waals surface area contributed by atoms with E-state index in [1.54, 1.807) is 23.1 Å². The maximum Gasteiger partial charge on any atom is 0.227 e. The van der Waals surface area contributed by atoms with Crippen LogP contribution in [0.3, 0.4) is 0 Å². The molecule has 0 aromatic heterocycles. The van der Waals surface area contributed by atoms with Crippen molar-refractivity contribution in [2.45, 2.75) is 19.8 Å². The van der Waals surface area contributed by atoms with Gasteiger partial charge in [-0.15, -0.1) is 0 Å². The first-order valence-electron chi connectivity index (χ1n) is 3.19. The van der Waals surface area contributed by atoms with Crippen molar-refractivity contribution in [3.8, 4) is 0 Å². The standard InChI is InChI=1S/C6H12FN2OP/c1-3(2)5(8)10-6(9)4(7)11/h3-4,8-9H,11H2,1-2H3. The maximum absolute atomic E-state index is 12.2. The topological polar surface area (TPSA) is 56.9 Å². The van der Waals surface area contributed by atoms with E-state index < -0.39 is 11.8 Å². The predicted octanol–water partition coefficient (Wildman–Crippen LogP) is 1.78. The number of alkyl halides is 1. The molecule has 0 radical (unpaired) electrons. The third-order valence-corrected chi connectivity index (χ3v) is 1.30. The number of rotatable bonds is 2. The zero-order chi connectivity index (χ0) is 9.02. The van der Waals surface area contributed by atoms with Crippen molar-refractivity contribution in [2.24, 2.45) is 5.92 Å². The summed E-state index contributed by atoms with van der Waals surface area (Å²) in [6, 6.07) is 0. The SMILES string of the molecule is CC(C)C(=N)OC(=N)C(F)P.